The van der Waals surface area contributed by atoms with Crippen LogP contribution in [-0.4, -0.2) is 18.8 Å². The SMILES string of the molecule is CC(C)(C)C#C[C@@H]1C[C@H](F)CN1. The Morgan fingerprint density at radius 1 is 1.42 bits per heavy atom. The Labute approximate surface area is 73.7 Å². The van der Waals surface area contributed by atoms with Gasteiger partial charge in [-0.1, -0.05) is 11.8 Å². The van der Waals surface area contributed by atoms with E-state index in [0.717, 1.165) is 0 Å². The molecule has 0 aromatic rings. The highest BCUT2D eigenvalue weighted by Crippen LogP contribution is 2.12. The predicted molar refractivity (Wildman–Crippen MR) is 48.5 cm³/mol. The number of rotatable bonds is 0. The molecule has 1 rings (SSSR count). The van der Waals surface area contributed by atoms with E-state index in [2.05, 4.69) is 37.9 Å². The second-order valence-electron chi connectivity index (χ2n) is 4.31. The van der Waals surface area contributed by atoms with Crippen molar-refractivity contribution in [2.24, 2.45) is 5.41 Å². The first-order chi connectivity index (χ1) is 5.47. The van der Waals surface area contributed by atoms with E-state index in [1.54, 1.807) is 0 Å². The third-order valence-electron chi connectivity index (χ3n) is 1.70. The molecule has 2 heteroatoms. The number of nitrogens with one attached hydrogen (secondary N) is 1. The molecule has 1 N–H and O–H groups in total. The molecule has 68 valence electrons. The van der Waals surface area contributed by atoms with E-state index >= 15 is 0 Å². The van der Waals surface area contributed by atoms with Crippen LogP contribution in [0, 0.1) is 17.3 Å². The molecule has 0 aliphatic carbocycles. The van der Waals surface area contributed by atoms with Crippen molar-refractivity contribution in [3.63, 3.8) is 0 Å². The van der Waals surface area contributed by atoms with Crippen LogP contribution in [-0.2, 0) is 0 Å². The van der Waals surface area contributed by atoms with Crippen LogP contribution >= 0.6 is 0 Å². The van der Waals surface area contributed by atoms with Gasteiger partial charge in [-0.15, -0.1) is 0 Å². The summed E-state index contributed by atoms with van der Waals surface area (Å²) in [6.07, 6.45) is -0.160. The maximum absolute atomic E-state index is 12.7. The van der Waals surface area contributed by atoms with Crippen LogP contribution in [0.4, 0.5) is 4.39 Å². The quantitative estimate of drug-likeness (QED) is 0.545. The zero-order valence-corrected chi connectivity index (χ0v) is 7.95. The molecular weight excluding hydrogens is 153 g/mol. The summed E-state index contributed by atoms with van der Waals surface area (Å²) in [5.41, 5.74) is 0.0239. The maximum Gasteiger partial charge on any atom is 0.115 e. The lowest BCUT2D eigenvalue weighted by molar-refractivity contribution is 0.359. The summed E-state index contributed by atoms with van der Waals surface area (Å²) in [4.78, 5) is 0. The summed E-state index contributed by atoms with van der Waals surface area (Å²) in [7, 11) is 0. The smallest absolute Gasteiger partial charge is 0.115 e. The number of hydrogen-bond donors (Lipinski definition) is 1. The Balaban J connectivity index is 2.45. The van der Waals surface area contributed by atoms with E-state index in [1.165, 1.54) is 0 Å². The van der Waals surface area contributed by atoms with Gasteiger partial charge in [0, 0.05) is 18.4 Å². The summed E-state index contributed by atoms with van der Waals surface area (Å²) in [5.74, 6) is 6.16. The van der Waals surface area contributed by atoms with Gasteiger partial charge in [-0.3, -0.25) is 0 Å². The van der Waals surface area contributed by atoms with Crippen LogP contribution < -0.4 is 5.32 Å². The third kappa shape index (κ3) is 3.23. The van der Waals surface area contributed by atoms with E-state index < -0.39 is 6.17 Å². The first-order valence-electron chi connectivity index (χ1n) is 4.37. The van der Waals surface area contributed by atoms with Gasteiger partial charge in [0.15, 0.2) is 0 Å². The van der Waals surface area contributed by atoms with E-state index in [4.69, 9.17) is 0 Å². The van der Waals surface area contributed by atoms with Crippen molar-refractivity contribution < 1.29 is 4.39 Å². The molecule has 0 aromatic heterocycles. The minimum Gasteiger partial charge on any atom is -0.301 e. The molecule has 12 heavy (non-hydrogen) atoms. The Kier molecular flexibility index (Phi) is 2.74. The Morgan fingerprint density at radius 2 is 2.08 bits per heavy atom. The molecule has 1 saturated heterocycles. The van der Waals surface area contributed by atoms with Crippen molar-refractivity contribution in [1.82, 2.24) is 5.32 Å². The second-order valence-corrected chi connectivity index (χ2v) is 4.31. The zero-order valence-electron chi connectivity index (χ0n) is 7.95. The molecule has 0 bridgehead atoms. The largest absolute Gasteiger partial charge is 0.301 e. The first-order valence-corrected chi connectivity index (χ1v) is 4.37. The molecular formula is C10H16FN. The van der Waals surface area contributed by atoms with Crippen LogP contribution in [0.1, 0.15) is 27.2 Å². The van der Waals surface area contributed by atoms with Gasteiger partial charge in [0.25, 0.3) is 0 Å². The molecule has 0 saturated carbocycles. The molecule has 1 nitrogen and oxygen atoms in total. The Hall–Kier alpha value is -0.550. The summed E-state index contributed by atoms with van der Waals surface area (Å²) < 4.78 is 12.7. The minimum absolute atomic E-state index is 0.0239. The van der Waals surface area contributed by atoms with Gasteiger partial charge in [-0.25, -0.2) is 4.39 Å². The molecule has 0 unspecified atom stereocenters. The fourth-order valence-electron chi connectivity index (χ4n) is 1.11. The Bertz CT molecular complexity index is 206. The van der Waals surface area contributed by atoms with E-state index in [0.29, 0.717) is 13.0 Å². The van der Waals surface area contributed by atoms with Gasteiger partial charge in [0.2, 0.25) is 0 Å². The normalized spacial score (nSPS) is 29.7. The molecule has 1 fully saturated rings. The van der Waals surface area contributed by atoms with Gasteiger partial charge >= 0.3 is 0 Å². The van der Waals surface area contributed by atoms with Gasteiger partial charge < -0.3 is 5.32 Å². The van der Waals surface area contributed by atoms with Gasteiger partial charge in [0.05, 0.1) is 6.04 Å². The second kappa shape index (κ2) is 3.45. The predicted octanol–water partition coefficient (Wildman–Crippen LogP) is 1.74. The molecule has 2 atom stereocenters. The van der Waals surface area contributed by atoms with Crippen molar-refractivity contribution in [3.8, 4) is 11.8 Å². The van der Waals surface area contributed by atoms with Crippen molar-refractivity contribution in [1.29, 1.82) is 0 Å². The highest BCUT2D eigenvalue weighted by Gasteiger charge is 2.21. The van der Waals surface area contributed by atoms with E-state index in [-0.39, 0.29) is 11.5 Å². The standard InChI is InChI=1S/C10H16FN/c1-10(2,3)5-4-9-6-8(11)7-12-9/h8-9,12H,6-7H2,1-3H3/t8-,9+/m0/s1. The summed E-state index contributed by atoms with van der Waals surface area (Å²) >= 11 is 0. The summed E-state index contributed by atoms with van der Waals surface area (Å²) in [5, 5.41) is 3.03. The summed E-state index contributed by atoms with van der Waals surface area (Å²) in [6.45, 7) is 6.63. The molecule has 1 aliphatic heterocycles. The number of hydrogen-bond acceptors (Lipinski definition) is 1. The molecule has 0 radical (unpaired) electrons. The summed E-state index contributed by atoms with van der Waals surface area (Å²) in [6, 6.07) is 0.0687. The van der Waals surface area contributed by atoms with Crippen molar-refractivity contribution in [2.45, 2.75) is 39.4 Å². The highest BCUT2D eigenvalue weighted by molar-refractivity contribution is 5.15. The topological polar surface area (TPSA) is 12.0 Å². The lowest BCUT2D eigenvalue weighted by atomic mass is 9.97. The molecule has 0 spiro atoms. The number of halogens is 1. The molecule has 1 heterocycles. The zero-order chi connectivity index (χ0) is 9.19. The van der Waals surface area contributed by atoms with E-state index in [1.807, 2.05) is 0 Å². The third-order valence-corrected chi connectivity index (χ3v) is 1.70. The molecule has 0 amide bonds. The fraction of sp³-hybridized carbons (Fsp3) is 0.800. The van der Waals surface area contributed by atoms with Crippen molar-refractivity contribution in [3.05, 3.63) is 0 Å². The van der Waals surface area contributed by atoms with Crippen molar-refractivity contribution >= 4 is 0 Å². The van der Waals surface area contributed by atoms with Gasteiger partial charge in [-0.05, 0) is 20.8 Å². The van der Waals surface area contributed by atoms with Crippen LogP contribution in [0.5, 0.6) is 0 Å². The maximum atomic E-state index is 12.7. The molecule has 0 aromatic carbocycles. The van der Waals surface area contributed by atoms with Gasteiger partial charge in [0.1, 0.15) is 6.17 Å². The fourth-order valence-corrected chi connectivity index (χ4v) is 1.11. The molecule has 1 aliphatic rings. The van der Waals surface area contributed by atoms with Crippen LogP contribution in [0.15, 0.2) is 0 Å². The van der Waals surface area contributed by atoms with E-state index in [9.17, 15) is 4.39 Å². The van der Waals surface area contributed by atoms with Gasteiger partial charge in [-0.2, -0.15) is 0 Å². The first kappa shape index (κ1) is 9.54. The lowest BCUT2D eigenvalue weighted by Crippen LogP contribution is -2.19. The Morgan fingerprint density at radius 3 is 2.50 bits per heavy atom. The lowest BCUT2D eigenvalue weighted by Gasteiger charge is -2.08. The minimum atomic E-state index is -0.704. The average molecular weight is 169 g/mol. The highest BCUT2D eigenvalue weighted by atomic mass is 19.1. The van der Waals surface area contributed by atoms with Crippen molar-refractivity contribution in [2.75, 3.05) is 6.54 Å². The monoisotopic (exact) mass is 169 g/mol. The van der Waals surface area contributed by atoms with Crippen LogP contribution in [0.2, 0.25) is 0 Å². The van der Waals surface area contributed by atoms with Crippen LogP contribution in [0.25, 0.3) is 0 Å². The van der Waals surface area contributed by atoms with Crippen LogP contribution in [0.3, 0.4) is 0 Å². The average Bonchev–Trinajstić information content (AvgIpc) is 2.30. The number of alkyl halides is 1.